The lowest BCUT2D eigenvalue weighted by molar-refractivity contribution is -0.113. The molecule has 0 amide bonds. The Bertz CT molecular complexity index is 842. The maximum atomic E-state index is 10.2. The molecule has 2 N–H and O–H groups in total. The van der Waals surface area contributed by atoms with E-state index in [4.69, 9.17) is 14.2 Å². The molecule has 2 fully saturated rings. The summed E-state index contributed by atoms with van der Waals surface area (Å²) in [5.41, 5.74) is 4.79. The Kier molecular flexibility index (Phi) is 9.75. The van der Waals surface area contributed by atoms with Crippen molar-refractivity contribution in [3.8, 4) is 5.75 Å². The lowest BCUT2D eigenvalue weighted by Gasteiger charge is -2.33. The quantitative estimate of drug-likeness (QED) is 0.602. The van der Waals surface area contributed by atoms with E-state index in [0.29, 0.717) is 25.4 Å². The summed E-state index contributed by atoms with van der Waals surface area (Å²) in [4.78, 5) is 0. The van der Waals surface area contributed by atoms with Crippen molar-refractivity contribution in [1.29, 1.82) is 0 Å². The molecule has 2 aliphatic heterocycles. The average molecular weight is 457 g/mol. The Morgan fingerprint density at radius 3 is 2.42 bits per heavy atom. The van der Waals surface area contributed by atoms with Gasteiger partial charge in [0.15, 0.2) is 0 Å². The van der Waals surface area contributed by atoms with E-state index < -0.39 is 6.10 Å². The van der Waals surface area contributed by atoms with Gasteiger partial charge in [-0.3, -0.25) is 0 Å². The van der Waals surface area contributed by atoms with Crippen LogP contribution in [0.2, 0.25) is 0 Å². The highest BCUT2D eigenvalue weighted by Gasteiger charge is 2.29. The minimum atomic E-state index is -0.445. The highest BCUT2D eigenvalue weighted by molar-refractivity contribution is 5.38. The first-order valence-corrected chi connectivity index (χ1v) is 12.4. The smallest absolute Gasteiger partial charge is 0.124 e. The third-order valence-corrected chi connectivity index (χ3v) is 6.18. The second-order valence-corrected chi connectivity index (χ2v) is 9.14. The minimum Gasteiger partial charge on any atom is -0.488 e. The molecule has 4 unspecified atom stereocenters. The summed E-state index contributed by atoms with van der Waals surface area (Å²) in [6.45, 7) is 9.76. The van der Waals surface area contributed by atoms with E-state index in [2.05, 4.69) is 44.2 Å². The Morgan fingerprint density at radius 1 is 1.03 bits per heavy atom. The molecule has 0 aromatic heterocycles. The molecule has 0 bridgehead atoms. The van der Waals surface area contributed by atoms with Crippen LogP contribution >= 0.6 is 0 Å². The van der Waals surface area contributed by atoms with Gasteiger partial charge < -0.3 is 24.4 Å². The zero-order valence-electron chi connectivity index (χ0n) is 20.5. The number of aliphatic hydroxyl groups is 2. The lowest BCUT2D eigenvalue weighted by atomic mass is 9.90. The number of aliphatic hydroxyl groups excluding tert-OH is 2. The Balaban J connectivity index is 0.00000149. The van der Waals surface area contributed by atoms with Crippen molar-refractivity contribution in [2.24, 2.45) is 0 Å². The van der Waals surface area contributed by atoms with Crippen LogP contribution in [0.3, 0.4) is 0 Å². The van der Waals surface area contributed by atoms with E-state index >= 15 is 0 Å². The molecule has 2 aliphatic rings. The first-order valence-electron chi connectivity index (χ1n) is 12.4. The van der Waals surface area contributed by atoms with Crippen LogP contribution in [0.15, 0.2) is 42.5 Å². The van der Waals surface area contributed by atoms with Gasteiger partial charge in [-0.2, -0.15) is 0 Å². The lowest BCUT2D eigenvalue weighted by Crippen LogP contribution is -2.33. The van der Waals surface area contributed by atoms with Crippen LogP contribution in [0, 0.1) is 0 Å². The zero-order chi connectivity index (χ0) is 23.8. The number of benzene rings is 2. The fourth-order valence-corrected chi connectivity index (χ4v) is 4.41. The first-order chi connectivity index (χ1) is 16.0. The zero-order valence-corrected chi connectivity index (χ0v) is 20.5. The van der Waals surface area contributed by atoms with Gasteiger partial charge in [0.05, 0.1) is 38.1 Å². The average Bonchev–Trinajstić information content (AvgIpc) is 3.34. The van der Waals surface area contributed by atoms with Gasteiger partial charge in [-0.05, 0) is 46.7 Å². The van der Waals surface area contributed by atoms with Crippen molar-refractivity contribution < 1.29 is 24.4 Å². The molecule has 5 heteroatoms. The predicted molar refractivity (Wildman–Crippen MR) is 131 cm³/mol. The first kappa shape index (κ1) is 25.7. The number of ether oxygens (including phenoxy) is 3. The molecule has 2 saturated heterocycles. The molecule has 4 atom stereocenters. The minimum absolute atomic E-state index is 0.0638. The fraction of sp³-hybridized carbons (Fsp3) is 0.571. The maximum Gasteiger partial charge on any atom is 0.124 e. The van der Waals surface area contributed by atoms with Gasteiger partial charge in [0.25, 0.3) is 0 Å². The van der Waals surface area contributed by atoms with E-state index in [1.165, 1.54) is 16.7 Å². The Labute approximate surface area is 198 Å². The molecular weight excluding hydrogens is 416 g/mol. The van der Waals surface area contributed by atoms with Gasteiger partial charge in [-0.15, -0.1) is 0 Å². The van der Waals surface area contributed by atoms with Gasteiger partial charge in [-0.1, -0.05) is 58.0 Å². The van der Waals surface area contributed by atoms with Crippen molar-refractivity contribution in [3.63, 3.8) is 0 Å². The van der Waals surface area contributed by atoms with E-state index in [9.17, 15) is 10.2 Å². The third-order valence-electron chi connectivity index (χ3n) is 6.18. The van der Waals surface area contributed by atoms with Crippen molar-refractivity contribution in [1.82, 2.24) is 0 Å². The van der Waals surface area contributed by atoms with Crippen LogP contribution in [-0.2, 0) is 15.9 Å². The van der Waals surface area contributed by atoms with Gasteiger partial charge in [0.1, 0.15) is 11.9 Å². The Hall–Kier alpha value is -1.92. The van der Waals surface area contributed by atoms with E-state index in [1.807, 2.05) is 26.0 Å². The SMILES string of the molecule is CC.CC(C)c1cc(Cc2ccc(OC3CCOC3)cc2)cc(C2CC(O)CC(CO)O2)c1. The monoisotopic (exact) mass is 456 g/mol. The van der Waals surface area contributed by atoms with Crippen molar-refractivity contribution in [2.75, 3.05) is 19.8 Å². The fourth-order valence-electron chi connectivity index (χ4n) is 4.41. The van der Waals surface area contributed by atoms with E-state index in [-0.39, 0.29) is 24.9 Å². The van der Waals surface area contributed by atoms with Crippen LogP contribution in [0.1, 0.15) is 81.2 Å². The van der Waals surface area contributed by atoms with Gasteiger partial charge >= 0.3 is 0 Å². The third kappa shape index (κ3) is 7.28. The highest BCUT2D eigenvalue weighted by atomic mass is 16.5. The summed E-state index contributed by atoms with van der Waals surface area (Å²) in [5, 5.41) is 19.8. The molecule has 2 heterocycles. The van der Waals surface area contributed by atoms with E-state index in [1.54, 1.807) is 0 Å². The molecule has 2 aromatic rings. The number of hydrogen-bond donors (Lipinski definition) is 2. The normalized spacial score (nSPS) is 24.9. The molecule has 5 nitrogen and oxygen atoms in total. The topological polar surface area (TPSA) is 68.2 Å². The van der Waals surface area contributed by atoms with Gasteiger partial charge in [0, 0.05) is 19.3 Å². The van der Waals surface area contributed by atoms with Crippen LogP contribution in [0.4, 0.5) is 0 Å². The van der Waals surface area contributed by atoms with Crippen molar-refractivity contribution >= 4 is 0 Å². The van der Waals surface area contributed by atoms with Crippen molar-refractivity contribution in [2.45, 2.75) is 83.7 Å². The summed E-state index contributed by atoms with van der Waals surface area (Å²) in [7, 11) is 0. The largest absolute Gasteiger partial charge is 0.488 e. The summed E-state index contributed by atoms with van der Waals surface area (Å²) >= 11 is 0. The van der Waals surface area contributed by atoms with Crippen molar-refractivity contribution in [3.05, 3.63) is 64.7 Å². The molecule has 0 spiro atoms. The summed E-state index contributed by atoms with van der Waals surface area (Å²) in [5.74, 6) is 1.28. The second kappa shape index (κ2) is 12.5. The Morgan fingerprint density at radius 2 is 1.79 bits per heavy atom. The number of hydrogen-bond acceptors (Lipinski definition) is 5. The standard InChI is InChI=1S/C26H34O5.C2H6/c1-17(2)20-10-19(11-21(12-20)26-14-22(28)13-25(15-27)31-26)9-18-3-5-23(6-4-18)30-24-7-8-29-16-24;1-2/h3-6,10-12,17,22,24-28H,7-9,13-16H2,1-2H3;1-2H3. The molecule has 0 saturated carbocycles. The van der Waals surface area contributed by atoms with Crippen LogP contribution in [0.5, 0.6) is 5.75 Å². The second-order valence-electron chi connectivity index (χ2n) is 9.14. The summed E-state index contributed by atoms with van der Waals surface area (Å²) in [6, 6.07) is 14.9. The van der Waals surface area contributed by atoms with E-state index in [0.717, 1.165) is 30.8 Å². The molecule has 182 valence electrons. The summed E-state index contributed by atoms with van der Waals surface area (Å²) < 4.78 is 17.4. The number of rotatable bonds is 7. The van der Waals surface area contributed by atoms with Gasteiger partial charge in [-0.25, -0.2) is 0 Å². The van der Waals surface area contributed by atoms with Crippen LogP contribution in [0.25, 0.3) is 0 Å². The summed E-state index contributed by atoms with van der Waals surface area (Å²) in [6.07, 6.45) is 2.03. The molecule has 0 aliphatic carbocycles. The van der Waals surface area contributed by atoms with Crippen LogP contribution in [-0.4, -0.2) is 48.3 Å². The predicted octanol–water partition coefficient (Wildman–Crippen LogP) is 5.17. The molecule has 0 radical (unpaired) electrons. The van der Waals surface area contributed by atoms with Gasteiger partial charge in [0.2, 0.25) is 0 Å². The molecular formula is C28H40O5. The highest BCUT2D eigenvalue weighted by Crippen LogP contribution is 2.34. The van der Waals surface area contributed by atoms with Crippen LogP contribution < -0.4 is 4.74 Å². The molecule has 2 aromatic carbocycles. The maximum absolute atomic E-state index is 10.2. The molecule has 33 heavy (non-hydrogen) atoms. The molecule has 4 rings (SSSR count).